The first-order valence-corrected chi connectivity index (χ1v) is 8.31. The molecular formula is C19H13N3OS. The zero-order valence-electron chi connectivity index (χ0n) is 12.6. The maximum absolute atomic E-state index is 12.6. The van der Waals surface area contributed by atoms with Gasteiger partial charge in [0.2, 0.25) is 5.13 Å². The van der Waals surface area contributed by atoms with E-state index in [9.17, 15) is 4.79 Å². The Bertz CT molecular complexity index is 1010. The maximum Gasteiger partial charge on any atom is 0.258 e. The fourth-order valence-corrected chi connectivity index (χ4v) is 3.30. The zero-order valence-corrected chi connectivity index (χ0v) is 13.5. The van der Waals surface area contributed by atoms with Gasteiger partial charge in [-0.05, 0) is 16.8 Å². The van der Waals surface area contributed by atoms with Gasteiger partial charge in [0.1, 0.15) is 5.01 Å². The quantitative estimate of drug-likeness (QED) is 0.596. The zero-order chi connectivity index (χ0) is 16.4. The van der Waals surface area contributed by atoms with Crippen molar-refractivity contribution in [3.63, 3.8) is 0 Å². The van der Waals surface area contributed by atoms with E-state index in [1.165, 1.54) is 11.3 Å². The van der Waals surface area contributed by atoms with Crippen molar-refractivity contribution in [2.75, 3.05) is 5.32 Å². The number of hydrogen-bond acceptors (Lipinski definition) is 4. The Morgan fingerprint density at radius 3 is 2.46 bits per heavy atom. The van der Waals surface area contributed by atoms with Crippen LogP contribution in [0.1, 0.15) is 10.4 Å². The Morgan fingerprint density at radius 1 is 0.833 bits per heavy atom. The summed E-state index contributed by atoms with van der Waals surface area (Å²) in [6, 6.07) is 23.3. The van der Waals surface area contributed by atoms with Crippen LogP contribution < -0.4 is 5.32 Å². The molecule has 0 bridgehead atoms. The Hall–Kier alpha value is -3.05. The van der Waals surface area contributed by atoms with Gasteiger partial charge in [0.05, 0.1) is 0 Å². The van der Waals surface area contributed by atoms with Crippen molar-refractivity contribution in [2.24, 2.45) is 0 Å². The fourth-order valence-electron chi connectivity index (χ4n) is 2.56. The first-order valence-electron chi connectivity index (χ1n) is 7.49. The molecule has 0 spiro atoms. The van der Waals surface area contributed by atoms with E-state index < -0.39 is 0 Å². The highest BCUT2D eigenvalue weighted by atomic mass is 32.1. The molecule has 4 aromatic rings. The van der Waals surface area contributed by atoms with Crippen LogP contribution >= 0.6 is 11.3 Å². The lowest BCUT2D eigenvalue weighted by Gasteiger charge is -2.05. The third-order valence-corrected chi connectivity index (χ3v) is 4.59. The summed E-state index contributed by atoms with van der Waals surface area (Å²) in [7, 11) is 0. The van der Waals surface area contributed by atoms with Crippen LogP contribution in [0.3, 0.4) is 0 Å². The van der Waals surface area contributed by atoms with Crippen LogP contribution in [0.5, 0.6) is 0 Å². The predicted molar refractivity (Wildman–Crippen MR) is 97.2 cm³/mol. The van der Waals surface area contributed by atoms with Gasteiger partial charge in [-0.1, -0.05) is 78.1 Å². The molecular weight excluding hydrogens is 318 g/mol. The summed E-state index contributed by atoms with van der Waals surface area (Å²) >= 11 is 1.36. The van der Waals surface area contributed by atoms with Gasteiger partial charge in [-0.15, -0.1) is 10.2 Å². The summed E-state index contributed by atoms with van der Waals surface area (Å²) in [5, 5.41) is 14.3. The average Bonchev–Trinajstić information content (AvgIpc) is 3.10. The van der Waals surface area contributed by atoms with E-state index in [0.29, 0.717) is 10.7 Å². The van der Waals surface area contributed by atoms with Gasteiger partial charge in [-0.3, -0.25) is 10.1 Å². The van der Waals surface area contributed by atoms with Gasteiger partial charge in [-0.25, -0.2) is 0 Å². The minimum atomic E-state index is -0.178. The highest BCUT2D eigenvalue weighted by molar-refractivity contribution is 7.18. The van der Waals surface area contributed by atoms with Gasteiger partial charge in [0.25, 0.3) is 5.91 Å². The largest absolute Gasteiger partial charge is 0.296 e. The molecule has 0 fully saturated rings. The van der Waals surface area contributed by atoms with Crippen molar-refractivity contribution >= 4 is 33.1 Å². The summed E-state index contributed by atoms with van der Waals surface area (Å²) in [5.74, 6) is -0.178. The molecule has 0 aliphatic rings. The number of rotatable bonds is 3. The molecule has 5 heteroatoms. The lowest BCUT2D eigenvalue weighted by molar-refractivity contribution is 0.102. The highest BCUT2D eigenvalue weighted by Crippen LogP contribution is 2.27. The molecule has 3 aromatic carbocycles. The van der Waals surface area contributed by atoms with E-state index in [0.717, 1.165) is 21.3 Å². The monoisotopic (exact) mass is 331 g/mol. The lowest BCUT2D eigenvalue weighted by atomic mass is 10.0. The topological polar surface area (TPSA) is 54.9 Å². The second-order valence-electron chi connectivity index (χ2n) is 5.26. The van der Waals surface area contributed by atoms with Crippen molar-refractivity contribution in [1.29, 1.82) is 0 Å². The second kappa shape index (κ2) is 6.22. The first-order chi connectivity index (χ1) is 11.8. The molecule has 0 radical (unpaired) electrons. The smallest absolute Gasteiger partial charge is 0.258 e. The van der Waals surface area contributed by atoms with Gasteiger partial charge in [0, 0.05) is 11.1 Å². The molecule has 4 nitrogen and oxygen atoms in total. The number of hydrogen-bond donors (Lipinski definition) is 1. The number of fused-ring (bicyclic) bond motifs is 1. The normalized spacial score (nSPS) is 10.7. The van der Waals surface area contributed by atoms with Crippen molar-refractivity contribution in [3.05, 3.63) is 78.4 Å². The van der Waals surface area contributed by atoms with Gasteiger partial charge in [0.15, 0.2) is 0 Å². The number of carbonyl (C=O) groups is 1. The molecule has 0 atom stereocenters. The van der Waals surface area contributed by atoms with Crippen LogP contribution in [-0.2, 0) is 0 Å². The fraction of sp³-hybridized carbons (Fsp3) is 0. The number of amides is 1. The molecule has 4 rings (SSSR count). The van der Waals surface area contributed by atoms with E-state index in [4.69, 9.17) is 0 Å². The summed E-state index contributed by atoms with van der Waals surface area (Å²) in [6.07, 6.45) is 0. The maximum atomic E-state index is 12.6. The van der Waals surface area contributed by atoms with Crippen LogP contribution in [0.25, 0.3) is 21.3 Å². The average molecular weight is 331 g/mol. The molecule has 0 aliphatic carbocycles. The van der Waals surface area contributed by atoms with Gasteiger partial charge < -0.3 is 0 Å². The molecule has 1 heterocycles. The first kappa shape index (κ1) is 14.5. The Morgan fingerprint density at radius 2 is 1.58 bits per heavy atom. The summed E-state index contributed by atoms with van der Waals surface area (Å²) in [6.45, 7) is 0. The number of carbonyl (C=O) groups excluding carboxylic acids is 1. The van der Waals surface area contributed by atoms with Gasteiger partial charge >= 0.3 is 0 Å². The second-order valence-corrected chi connectivity index (χ2v) is 6.24. The number of nitrogens with zero attached hydrogens (tertiary/aromatic N) is 2. The van der Waals surface area contributed by atoms with Gasteiger partial charge in [-0.2, -0.15) is 0 Å². The number of nitrogens with one attached hydrogen (secondary N) is 1. The number of anilines is 1. The van der Waals surface area contributed by atoms with Crippen LogP contribution in [0.4, 0.5) is 5.13 Å². The molecule has 116 valence electrons. The Balaban J connectivity index is 1.61. The van der Waals surface area contributed by atoms with E-state index >= 15 is 0 Å². The van der Waals surface area contributed by atoms with E-state index in [1.807, 2.05) is 72.8 Å². The van der Waals surface area contributed by atoms with E-state index in [1.54, 1.807) is 0 Å². The van der Waals surface area contributed by atoms with Crippen LogP contribution in [0.15, 0.2) is 72.8 Å². The minimum Gasteiger partial charge on any atom is -0.296 e. The molecule has 0 unspecified atom stereocenters. The molecule has 0 aliphatic heterocycles. The molecule has 24 heavy (non-hydrogen) atoms. The van der Waals surface area contributed by atoms with Crippen molar-refractivity contribution < 1.29 is 4.79 Å². The van der Waals surface area contributed by atoms with Crippen LogP contribution in [0.2, 0.25) is 0 Å². The molecule has 1 N–H and O–H groups in total. The highest BCUT2D eigenvalue weighted by Gasteiger charge is 2.13. The third kappa shape index (κ3) is 2.77. The Labute approximate surface area is 142 Å². The van der Waals surface area contributed by atoms with E-state index in [-0.39, 0.29) is 5.91 Å². The SMILES string of the molecule is O=C(Nc1nnc(-c2ccccc2)s1)c1cccc2ccccc12. The predicted octanol–water partition coefficient (Wildman–Crippen LogP) is 4.61. The molecule has 1 amide bonds. The number of aromatic nitrogens is 2. The standard InChI is InChI=1S/C19H13N3OS/c23-17(16-12-6-10-13-7-4-5-11-15(13)16)20-19-22-21-18(24-19)14-8-2-1-3-9-14/h1-12H,(H,20,22,23). The van der Waals surface area contributed by atoms with Crippen molar-refractivity contribution in [1.82, 2.24) is 10.2 Å². The van der Waals surface area contributed by atoms with Crippen LogP contribution in [0, 0.1) is 0 Å². The van der Waals surface area contributed by atoms with Crippen LogP contribution in [-0.4, -0.2) is 16.1 Å². The summed E-state index contributed by atoms with van der Waals surface area (Å²) < 4.78 is 0. The summed E-state index contributed by atoms with van der Waals surface area (Å²) in [5.41, 5.74) is 1.62. The minimum absolute atomic E-state index is 0.178. The van der Waals surface area contributed by atoms with Crippen molar-refractivity contribution in [2.45, 2.75) is 0 Å². The van der Waals surface area contributed by atoms with E-state index in [2.05, 4.69) is 15.5 Å². The molecule has 1 aromatic heterocycles. The molecule has 0 saturated heterocycles. The molecule has 0 saturated carbocycles. The lowest BCUT2D eigenvalue weighted by Crippen LogP contribution is -2.12. The summed E-state index contributed by atoms with van der Waals surface area (Å²) in [4.78, 5) is 12.6. The Kier molecular flexibility index (Phi) is 3.76. The van der Waals surface area contributed by atoms with Crippen molar-refractivity contribution in [3.8, 4) is 10.6 Å². The number of benzene rings is 3. The third-order valence-electron chi connectivity index (χ3n) is 3.70.